The second-order valence-electron chi connectivity index (χ2n) is 4.67. The standard InChI is InChI=1S/C11H21N3S/c1-9-10(15-8-13-9)6-12-7-11(2,3)14(4)5/h8,12H,6-7H2,1-5H3. The summed E-state index contributed by atoms with van der Waals surface area (Å²) >= 11 is 1.72. The Morgan fingerprint density at radius 2 is 2.13 bits per heavy atom. The second kappa shape index (κ2) is 5.05. The Bertz CT molecular complexity index is 305. The number of nitrogens with one attached hydrogen (secondary N) is 1. The highest BCUT2D eigenvalue weighted by molar-refractivity contribution is 7.09. The molecule has 0 aliphatic rings. The van der Waals surface area contributed by atoms with Crippen LogP contribution in [0.4, 0.5) is 0 Å². The Balaban J connectivity index is 2.37. The predicted molar refractivity (Wildman–Crippen MR) is 66.3 cm³/mol. The summed E-state index contributed by atoms with van der Waals surface area (Å²) in [7, 11) is 4.22. The Hall–Kier alpha value is -0.450. The van der Waals surface area contributed by atoms with Gasteiger partial charge in [-0.15, -0.1) is 11.3 Å². The van der Waals surface area contributed by atoms with E-state index in [4.69, 9.17) is 0 Å². The zero-order valence-electron chi connectivity index (χ0n) is 10.3. The largest absolute Gasteiger partial charge is 0.310 e. The van der Waals surface area contributed by atoms with Gasteiger partial charge in [-0.1, -0.05) is 0 Å². The van der Waals surface area contributed by atoms with Crippen LogP contribution in [0.3, 0.4) is 0 Å². The van der Waals surface area contributed by atoms with Gasteiger partial charge in [0.1, 0.15) is 0 Å². The van der Waals surface area contributed by atoms with Crippen molar-refractivity contribution in [2.45, 2.75) is 32.9 Å². The number of aryl methyl sites for hydroxylation is 1. The summed E-state index contributed by atoms with van der Waals surface area (Å²) in [4.78, 5) is 7.81. The first-order chi connectivity index (χ1) is 6.93. The summed E-state index contributed by atoms with van der Waals surface area (Å²) < 4.78 is 0. The molecule has 0 aliphatic heterocycles. The molecule has 0 unspecified atom stereocenters. The van der Waals surface area contributed by atoms with E-state index in [-0.39, 0.29) is 5.54 Å². The van der Waals surface area contributed by atoms with Crippen LogP contribution in [0, 0.1) is 6.92 Å². The topological polar surface area (TPSA) is 28.2 Å². The lowest BCUT2D eigenvalue weighted by Gasteiger charge is -2.32. The van der Waals surface area contributed by atoms with E-state index in [9.17, 15) is 0 Å². The summed E-state index contributed by atoms with van der Waals surface area (Å²) in [6, 6.07) is 0. The number of hydrogen-bond acceptors (Lipinski definition) is 4. The maximum atomic E-state index is 4.23. The summed E-state index contributed by atoms with van der Waals surface area (Å²) in [5.41, 5.74) is 3.25. The molecule has 4 heteroatoms. The number of nitrogens with zero attached hydrogens (tertiary/aromatic N) is 2. The zero-order valence-corrected chi connectivity index (χ0v) is 11.1. The SMILES string of the molecule is Cc1ncsc1CNCC(C)(C)N(C)C. The molecule has 15 heavy (non-hydrogen) atoms. The number of hydrogen-bond donors (Lipinski definition) is 1. The van der Waals surface area contributed by atoms with Crippen molar-refractivity contribution >= 4 is 11.3 Å². The van der Waals surface area contributed by atoms with Crippen LogP contribution in [0.1, 0.15) is 24.4 Å². The first-order valence-electron chi connectivity index (χ1n) is 5.20. The first-order valence-corrected chi connectivity index (χ1v) is 6.08. The van der Waals surface area contributed by atoms with Crippen molar-refractivity contribution in [2.24, 2.45) is 0 Å². The molecule has 0 spiro atoms. The fourth-order valence-electron chi connectivity index (χ4n) is 1.14. The summed E-state index contributed by atoms with van der Waals surface area (Å²) in [6.07, 6.45) is 0. The van der Waals surface area contributed by atoms with Gasteiger partial charge in [0, 0.05) is 23.5 Å². The van der Waals surface area contributed by atoms with Crippen LogP contribution < -0.4 is 5.32 Å². The van der Waals surface area contributed by atoms with Crippen LogP contribution in [0.5, 0.6) is 0 Å². The van der Waals surface area contributed by atoms with Crippen molar-refractivity contribution in [1.29, 1.82) is 0 Å². The maximum absolute atomic E-state index is 4.23. The lowest BCUT2D eigenvalue weighted by atomic mass is 10.0. The number of likely N-dealkylation sites (N-methyl/N-ethyl adjacent to an activating group) is 1. The zero-order chi connectivity index (χ0) is 11.5. The Morgan fingerprint density at radius 3 is 2.60 bits per heavy atom. The van der Waals surface area contributed by atoms with Crippen LogP contribution in [0.2, 0.25) is 0 Å². The quantitative estimate of drug-likeness (QED) is 0.832. The number of aromatic nitrogens is 1. The third-order valence-corrected chi connectivity index (χ3v) is 3.83. The van der Waals surface area contributed by atoms with Crippen molar-refractivity contribution < 1.29 is 0 Å². The molecule has 0 saturated heterocycles. The van der Waals surface area contributed by atoms with E-state index >= 15 is 0 Å². The van der Waals surface area contributed by atoms with Gasteiger partial charge in [0.2, 0.25) is 0 Å². The van der Waals surface area contributed by atoms with Gasteiger partial charge < -0.3 is 10.2 Å². The van der Waals surface area contributed by atoms with Gasteiger partial charge in [-0.3, -0.25) is 0 Å². The lowest BCUT2D eigenvalue weighted by molar-refractivity contribution is 0.190. The van der Waals surface area contributed by atoms with E-state index < -0.39 is 0 Å². The van der Waals surface area contributed by atoms with Gasteiger partial charge in [-0.2, -0.15) is 0 Å². The van der Waals surface area contributed by atoms with Crippen LogP contribution in [-0.4, -0.2) is 36.1 Å². The van der Waals surface area contributed by atoms with Gasteiger partial charge in [0.05, 0.1) is 11.2 Å². The van der Waals surface area contributed by atoms with E-state index in [0.717, 1.165) is 18.8 Å². The van der Waals surface area contributed by atoms with Gasteiger partial charge in [-0.25, -0.2) is 4.98 Å². The molecule has 1 heterocycles. The first kappa shape index (κ1) is 12.6. The summed E-state index contributed by atoms with van der Waals surface area (Å²) in [5, 5.41) is 3.48. The minimum Gasteiger partial charge on any atom is -0.310 e. The molecule has 86 valence electrons. The van der Waals surface area contributed by atoms with Crippen LogP contribution >= 0.6 is 11.3 Å². The Kier molecular flexibility index (Phi) is 4.25. The average molecular weight is 227 g/mol. The molecular formula is C11H21N3S. The van der Waals surface area contributed by atoms with E-state index in [0.29, 0.717) is 0 Å². The molecule has 1 N–H and O–H groups in total. The summed E-state index contributed by atoms with van der Waals surface area (Å²) in [6.45, 7) is 8.44. The van der Waals surface area contributed by atoms with E-state index in [2.05, 4.69) is 50.1 Å². The van der Waals surface area contributed by atoms with Crippen molar-refractivity contribution in [3.05, 3.63) is 16.1 Å². The monoisotopic (exact) mass is 227 g/mol. The molecule has 0 radical (unpaired) electrons. The highest BCUT2D eigenvalue weighted by atomic mass is 32.1. The molecule has 0 aliphatic carbocycles. The molecule has 0 saturated carbocycles. The van der Waals surface area contributed by atoms with Crippen LogP contribution in [0.25, 0.3) is 0 Å². The van der Waals surface area contributed by atoms with Crippen LogP contribution in [0.15, 0.2) is 5.51 Å². The van der Waals surface area contributed by atoms with Crippen LogP contribution in [-0.2, 0) is 6.54 Å². The molecule has 1 rings (SSSR count). The second-order valence-corrected chi connectivity index (χ2v) is 5.61. The minimum absolute atomic E-state index is 0.193. The van der Waals surface area contributed by atoms with Crippen molar-refractivity contribution in [2.75, 3.05) is 20.6 Å². The minimum atomic E-state index is 0.193. The summed E-state index contributed by atoms with van der Waals surface area (Å²) in [5.74, 6) is 0. The van der Waals surface area contributed by atoms with Gasteiger partial charge >= 0.3 is 0 Å². The highest BCUT2D eigenvalue weighted by Gasteiger charge is 2.19. The van der Waals surface area contributed by atoms with Gasteiger partial charge in [-0.05, 0) is 34.9 Å². The molecular weight excluding hydrogens is 206 g/mol. The van der Waals surface area contributed by atoms with Crippen molar-refractivity contribution in [3.8, 4) is 0 Å². The third kappa shape index (κ3) is 3.55. The molecule has 1 aromatic rings. The van der Waals surface area contributed by atoms with Gasteiger partial charge in [0.25, 0.3) is 0 Å². The van der Waals surface area contributed by atoms with E-state index in [1.54, 1.807) is 11.3 Å². The Labute approximate surface area is 96.5 Å². The van der Waals surface area contributed by atoms with Crippen molar-refractivity contribution in [1.82, 2.24) is 15.2 Å². The third-order valence-electron chi connectivity index (χ3n) is 2.90. The number of thiazole rings is 1. The Morgan fingerprint density at radius 1 is 1.47 bits per heavy atom. The number of rotatable bonds is 5. The van der Waals surface area contributed by atoms with Crippen molar-refractivity contribution in [3.63, 3.8) is 0 Å². The highest BCUT2D eigenvalue weighted by Crippen LogP contribution is 2.13. The maximum Gasteiger partial charge on any atom is 0.0798 e. The predicted octanol–water partition coefficient (Wildman–Crippen LogP) is 1.88. The van der Waals surface area contributed by atoms with E-state index in [1.165, 1.54) is 4.88 Å². The fraction of sp³-hybridized carbons (Fsp3) is 0.727. The molecule has 0 amide bonds. The molecule has 0 fully saturated rings. The van der Waals surface area contributed by atoms with E-state index in [1.807, 2.05) is 5.51 Å². The molecule has 0 atom stereocenters. The normalized spacial score (nSPS) is 12.4. The molecule has 1 aromatic heterocycles. The fourth-order valence-corrected chi connectivity index (χ4v) is 1.88. The smallest absolute Gasteiger partial charge is 0.0798 e. The van der Waals surface area contributed by atoms with Gasteiger partial charge in [0.15, 0.2) is 0 Å². The molecule has 0 aromatic carbocycles. The molecule has 0 bridgehead atoms. The molecule has 3 nitrogen and oxygen atoms in total. The average Bonchev–Trinajstić information content (AvgIpc) is 2.51. The lowest BCUT2D eigenvalue weighted by Crippen LogP contribution is -2.46.